The molecule has 92 valence electrons. The Labute approximate surface area is 104 Å². The third kappa shape index (κ3) is 1.73. The Hall–Kier alpha value is -2.32. The number of benzene rings is 1. The summed E-state index contributed by atoms with van der Waals surface area (Å²) < 4.78 is 5.05. The number of hydrogen-bond acceptors (Lipinski definition) is 4. The van der Waals surface area contributed by atoms with E-state index in [9.17, 15) is 14.7 Å². The van der Waals surface area contributed by atoms with Crippen LogP contribution in [0.1, 0.15) is 15.9 Å². The minimum Gasteiger partial charge on any atom is -0.446 e. The van der Waals surface area contributed by atoms with Crippen LogP contribution in [0.25, 0.3) is 0 Å². The predicted molar refractivity (Wildman–Crippen MR) is 62.9 cm³/mol. The van der Waals surface area contributed by atoms with Crippen molar-refractivity contribution in [2.75, 3.05) is 6.54 Å². The molecule has 0 spiro atoms. The van der Waals surface area contributed by atoms with Gasteiger partial charge in [-0.1, -0.05) is 17.6 Å². The zero-order chi connectivity index (χ0) is 13.3. The number of Topliss-reactive ketones (excluding diaryl/α,β-unsaturated/α-hetero) is 1. The van der Waals surface area contributed by atoms with Gasteiger partial charge in [-0.15, -0.1) is 6.42 Å². The van der Waals surface area contributed by atoms with Gasteiger partial charge in [-0.3, -0.25) is 9.59 Å². The molecule has 0 saturated carbocycles. The van der Waals surface area contributed by atoms with Crippen LogP contribution in [0.3, 0.4) is 0 Å². The highest BCUT2D eigenvalue weighted by atomic mass is 16.6. The molecule has 5 nitrogen and oxygen atoms in total. The van der Waals surface area contributed by atoms with Gasteiger partial charge in [0, 0.05) is 0 Å². The van der Waals surface area contributed by atoms with E-state index in [-0.39, 0.29) is 17.9 Å². The van der Waals surface area contributed by atoms with Crippen molar-refractivity contribution in [2.45, 2.75) is 12.7 Å². The Bertz CT molecular complexity index is 573. The molecule has 18 heavy (non-hydrogen) atoms. The van der Waals surface area contributed by atoms with Crippen LogP contribution in [-0.2, 0) is 4.79 Å². The fourth-order valence-electron chi connectivity index (χ4n) is 1.70. The molecule has 1 aliphatic rings. The summed E-state index contributed by atoms with van der Waals surface area (Å²) in [7, 11) is 0. The second kappa shape index (κ2) is 4.17. The van der Waals surface area contributed by atoms with Crippen LogP contribution < -0.4 is 10.1 Å². The average molecular weight is 245 g/mol. The SMILES string of the molecule is C#CCNC(=O)[C@@]1(O)Oc2ccc(C)cc2C1=O. The summed E-state index contributed by atoms with van der Waals surface area (Å²) in [6.45, 7) is 1.70. The van der Waals surface area contributed by atoms with Crippen LogP contribution in [0.4, 0.5) is 0 Å². The van der Waals surface area contributed by atoms with Crippen LogP contribution in [0.5, 0.6) is 5.75 Å². The van der Waals surface area contributed by atoms with E-state index in [1.54, 1.807) is 19.1 Å². The number of aliphatic hydroxyl groups is 1. The number of amides is 1. The van der Waals surface area contributed by atoms with Gasteiger partial charge in [0.2, 0.25) is 5.78 Å². The topological polar surface area (TPSA) is 75.6 Å². The molecule has 0 radical (unpaired) electrons. The molecule has 2 rings (SSSR count). The van der Waals surface area contributed by atoms with Gasteiger partial charge >= 0.3 is 11.7 Å². The second-order valence-corrected chi connectivity index (χ2v) is 3.96. The van der Waals surface area contributed by atoms with Gasteiger partial charge in [0.05, 0.1) is 12.1 Å². The monoisotopic (exact) mass is 245 g/mol. The van der Waals surface area contributed by atoms with Crippen LogP contribution in [0.15, 0.2) is 18.2 Å². The molecule has 1 aliphatic heterocycles. The first-order chi connectivity index (χ1) is 8.49. The number of nitrogens with one attached hydrogen (secondary N) is 1. The number of hydrogen-bond donors (Lipinski definition) is 2. The highest BCUT2D eigenvalue weighted by molar-refractivity contribution is 6.18. The first-order valence-electron chi connectivity index (χ1n) is 5.27. The van der Waals surface area contributed by atoms with E-state index in [2.05, 4.69) is 11.2 Å². The molecule has 0 unspecified atom stereocenters. The number of carbonyl (C=O) groups is 2. The number of terminal acetylenes is 1. The van der Waals surface area contributed by atoms with E-state index in [1.165, 1.54) is 6.07 Å². The van der Waals surface area contributed by atoms with Gasteiger partial charge < -0.3 is 15.2 Å². The van der Waals surface area contributed by atoms with E-state index >= 15 is 0 Å². The van der Waals surface area contributed by atoms with Crippen molar-refractivity contribution in [1.82, 2.24) is 5.32 Å². The number of ether oxygens (including phenoxy) is 1. The van der Waals surface area contributed by atoms with Gasteiger partial charge in [-0.2, -0.15) is 0 Å². The normalized spacial score (nSPS) is 20.8. The molecule has 1 heterocycles. The summed E-state index contributed by atoms with van der Waals surface area (Å²) >= 11 is 0. The minimum atomic E-state index is -2.52. The van der Waals surface area contributed by atoms with E-state index in [1.807, 2.05) is 0 Å². The third-order valence-electron chi connectivity index (χ3n) is 2.60. The molecular formula is C13H11NO4. The lowest BCUT2D eigenvalue weighted by atomic mass is 10.0. The summed E-state index contributed by atoms with van der Waals surface area (Å²) in [5.74, 6) is -1.90. The summed E-state index contributed by atoms with van der Waals surface area (Å²) in [4.78, 5) is 23.7. The Morgan fingerprint density at radius 1 is 1.61 bits per heavy atom. The van der Waals surface area contributed by atoms with E-state index in [0.29, 0.717) is 0 Å². The molecule has 1 atom stereocenters. The quantitative estimate of drug-likeness (QED) is 0.568. The molecule has 1 aromatic rings. The highest BCUT2D eigenvalue weighted by Gasteiger charge is 2.53. The van der Waals surface area contributed by atoms with Crippen molar-refractivity contribution in [3.05, 3.63) is 29.3 Å². The van der Waals surface area contributed by atoms with Gasteiger partial charge in [-0.05, 0) is 19.1 Å². The van der Waals surface area contributed by atoms with Gasteiger partial charge in [0.1, 0.15) is 5.75 Å². The fourth-order valence-corrected chi connectivity index (χ4v) is 1.70. The van der Waals surface area contributed by atoms with Crippen molar-refractivity contribution in [1.29, 1.82) is 0 Å². The summed E-state index contributed by atoms with van der Waals surface area (Å²) in [5, 5.41) is 12.2. The summed E-state index contributed by atoms with van der Waals surface area (Å²) in [5.41, 5.74) is 1.02. The Balaban J connectivity index is 2.33. The van der Waals surface area contributed by atoms with Crippen LogP contribution >= 0.6 is 0 Å². The highest BCUT2D eigenvalue weighted by Crippen LogP contribution is 2.34. The van der Waals surface area contributed by atoms with E-state index < -0.39 is 17.5 Å². The Morgan fingerprint density at radius 2 is 2.33 bits per heavy atom. The number of fused-ring (bicyclic) bond motifs is 1. The molecular weight excluding hydrogens is 234 g/mol. The third-order valence-corrected chi connectivity index (χ3v) is 2.60. The minimum absolute atomic E-state index is 0.0901. The Kier molecular flexibility index (Phi) is 2.81. The number of rotatable bonds is 2. The number of carbonyl (C=O) groups excluding carboxylic acids is 2. The molecule has 1 amide bonds. The standard InChI is InChI=1S/C13H11NO4/c1-3-6-14-12(16)13(17)11(15)9-7-8(2)4-5-10(9)18-13/h1,4-5,7,17H,6H2,2H3,(H,14,16)/t13-/m0/s1. The predicted octanol–water partition coefficient (Wildman–Crippen LogP) is 0.00812. The second-order valence-electron chi connectivity index (χ2n) is 3.96. The lowest BCUT2D eigenvalue weighted by Gasteiger charge is -2.18. The van der Waals surface area contributed by atoms with Crippen molar-refractivity contribution in [3.63, 3.8) is 0 Å². The molecule has 0 aliphatic carbocycles. The molecule has 1 aromatic carbocycles. The first-order valence-corrected chi connectivity index (χ1v) is 5.27. The van der Waals surface area contributed by atoms with Crippen molar-refractivity contribution < 1.29 is 19.4 Å². The van der Waals surface area contributed by atoms with E-state index in [0.717, 1.165) is 5.56 Å². The van der Waals surface area contributed by atoms with E-state index in [4.69, 9.17) is 11.2 Å². The molecule has 5 heteroatoms. The van der Waals surface area contributed by atoms with Crippen molar-refractivity contribution in [3.8, 4) is 18.1 Å². The lowest BCUT2D eigenvalue weighted by Crippen LogP contribution is -2.54. The maximum absolute atomic E-state index is 12.0. The summed E-state index contributed by atoms with van der Waals surface area (Å²) in [6.07, 6.45) is 4.99. The van der Waals surface area contributed by atoms with Gasteiger partial charge in [0.15, 0.2) is 0 Å². The Morgan fingerprint density at radius 3 is 3.00 bits per heavy atom. The largest absolute Gasteiger partial charge is 0.446 e. The fraction of sp³-hybridized carbons (Fsp3) is 0.231. The van der Waals surface area contributed by atoms with Gasteiger partial charge in [0.25, 0.3) is 0 Å². The van der Waals surface area contributed by atoms with Crippen LogP contribution in [0.2, 0.25) is 0 Å². The molecule has 0 fully saturated rings. The van der Waals surface area contributed by atoms with Crippen molar-refractivity contribution in [2.24, 2.45) is 0 Å². The number of aryl methyl sites for hydroxylation is 1. The zero-order valence-electron chi connectivity index (χ0n) is 9.69. The summed E-state index contributed by atoms with van der Waals surface area (Å²) in [6, 6.07) is 4.82. The van der Waals surface area contributed by atoms with Crippen LogP contribution in [-0.4, -0.2) is 29.1 Å². The first kappa shape index (κ1) is 12.1. The zero-order valence-corrected chi connectivity index (χ0v) is 9.69. The maximum Gasteiger partial charge on any atom is 0.354 e. The van der Waals surface area contributed by atoms with Gasteiger partial charge in [-0.25, -0.2) is 0 Å². The number of ketones is 1. The maximum atomic E-state index is 12.0. The van der Waals surface area contributed by atoms with Crippen molar-refractivity contribution >= 4 is 11.7 Å². The molecule has 0 bridgehead atoms. The van der Waals surface area contributed by atoms with Crippen LogP contribution in [0, 0.1) is 19.3 Å². The molecule has 0 saturated heterocycles. The molecule has 2 N–H and O–H groups in total. The lowest BCUT2D eigenvalue weighted by molar-refractivity contribution is -0.157. The average Bonchev–Trinajstić information content (AvgIpc) is 2.60. The smallest absolute Gasteiger partial charge is 0.354 e. The molecule has 0 aromatic heterocycles.